The van der Waals surface area contributed by atoms with Gasteiger partial charge in [0.05, 0.1) is 0 Å². The van der Waals surface area contributed by atoms with Crippen molar-refractivity contribution in [2.24, 2.45) is 5.92 Å². The predicted octanol–water partition coefficient (Wildman–Crippen LogP) is 2.52. The molecular weight excluding hydrogens is 292 g/mol. The predicted molar refractivity (Wildman–Crippen MR) is 76.7 cm³/mol. The zero-order chi connectivity index (χ0) is 13.0. The summed E-state index contributed by atoms with van der Waals surface area (Å²) in [6.07, 6.45) is 2.35. The number of halogens is 1. The van der Waals surface area contributed by atoms with Crippen molar-refractivity contribution in [3.8, 4) is 0 Å². The lowest BCUT2D eigenvalue weighted by Gasteiger charge is -2.28. The minimum atomic E-state index is 0.0234. The molecule has 1 aliphatic rings. The fraction of sp³-hybridized carbons (Fsp3) is 0.500. The Bertz CT molecular complexity index is 414. The maximum Gasteiger partial charge on any atom is 0.251 e. The Hall–Kier alpha value is -0.870. The van der Waals surface area contributed by atoms with Crippen molar-refractivity contribution < 1.29 is 4.79 Å². The molecule has 98 valence electrons. The van der Waals surface area contributed by atoms with Gasteiger partial charge in [0.2, 0.25) is 0 Å². The monoisotopic (exact) mass is 310 g/mol. The lowest BCUT2D eigenvalue weighted by Crippen LogP contribution is -2.36. The second-order valence-corrected chi connectivity index (χ2v) is 5.88. The molecule has 4 heteroatoms. The van der Waals surface area contributed by atoms with E-state index in [0.29, 0.717) is 5.92 Å². The highest BCUT2D eigenvalue weighted by Gasteiger charge is 2.17. The van der Waals surface area contributed by atoms with Crippen LogP contribution in [0.2, 0.25) is 0 Å². The summed E-state index contributed by atoms with van der Waals surface area (Å²) < 4.78 is 0.939. The average molecular weight is 311 g/mol. The molecule has 1 amide bonds. The van der Waals surface area contributed by atoms with E-state index in [9.17, 15) is 4.79 Å². The van der Waals surface area contributed by atoms with Crippen molar-refractivity contribution in [3.63, 3.8) is 0 Å². The molecule has 1 heterocycles. The molecule has 3 nitrogen and oxygen atoms in total. The van der Waals surface area contributed by atoms with Crippen molar-refractivity contribution in [2.45, 2.75) is 12.8 Å². The molecule has 1 aliphatic heterocycles. The molecule has 0 aliphatic carbocycles. The van der Waals surface area contributed by atoms with Gasteiger partial charge in [0.1, 0.15) is 0 Å². The van der Waals surface area contributed by atoms with Gasteiger partial charge in [-0.3, -0.25) is 4.79 Å². The number of carbonyl (C=O) groups excluding carboxylic acids is 1. The molecule has 0 saturated carbocycles. The number of piperidine rings is 1. The Labute approximate surface area is 117 Å². The molecule has 0 atom stereocenters. The van der Waals surface area contributed by atoms with E-state index in [2.05, 4.69) is 33.2 Å². The van der Waals surface area contributed by atoms with Crippen LogP contribution in [-0.4, -0.2) is 37.5 Å². The smallest absolute Gasteiger partial charge is 0.251 e. The lowest BCUT2D eigenvalue weighted by atomic mass is 9.97. The molecule has 0 spiro atoms. The summed E-state index contributed by atoms with van der Waals surface area (Å²) in [6, 6.07) is 7.50. The van der Waals surface area contributed by atoms with Crippen LogP contribution >= 0.6 is 15.9 Å². The number of rotatable bonds is 3. The molecule has 18 heavy (non-hydrogen) atoms. The molecule has 0 bridgehead atoms. The topological polar surface area (TPSA) is 32.3 Å². The first-order chi connectivity index (χ1) is 8.65. The van der Waals surface area contributed by atoms with Crippen molar-refractivity contribution in [2.75, 3.05) is 26.7 Å². The largest absolute Gasteiger partial charge is 0.352 e. The van der Waals surface area contributed by atoms with Crippen LogP contribution in [0.5, 0.6) is 0 Å². The molecule has 1 aromatic carbocycles. The van der Waals surface area contributed by atoms with Crippen LogP contribution < -0.4 is 5.32 Å². The average Bonchev–Trinajstić information content (AvgIpc) is 2.38. The standard InChI is InChI=1S/C14H19BrN2O/c1-17-7-5-11(6-8-17)10-16-14(18)12-3-2-4-13(15)9-12/h2-4,9,11H,5-8,10H2,1H3,(H,16,18). The highest BCUT2D eigenvalue weighted by atomic mass is 79.9. The number of likely N-dealkylation sites (tertiary alicyclic amines) is 1. The molecule has 0 radical (unpaired) electrons. The van der Waals surface area contributed by atoms with E-state index in [4.69, 9.17) is 0 Å². The van der Waals surface area contributed by atoms with Gasteiger partial charge in [0, 0.05) is 16.6 Å². The summed E-state index contributed by atoms with van der Waals surface area (Å²) in [4.78, 5) is 14.3. The molecule has 2 rings (SSSR count). The van der Waals surface area contributed by atoms with Gasteiger partial charge in [-0.1, -0.05) is 22.0 Å². The highest BCUT2D eigenvalue weighted by molar-refractivity contribution is 9.10. The fourth-order valence-corrected chi connectivity index (χ4v) is 2.63. The van der Waals surface area contributed by atoms with Gasteiger partial charge >= 0.3 is 0 Å². The van der Waals surface area contributed by atoms with Gasteiger partial charge in [-0.25, -0.2) is 0 Å². The zero-order valence-electron chi connectivity index (χ0n) is 10.7. The molecule has 1 fully saturated rings. The summed E-state index contributed by atoms with van der Waals surface area (Å²) >= 11 is 3.38. The van der Waals surface area contributed by atoms with Crippen LogP contribution in [0, 0.1) is 5.92 Å². The Morgan fingerprint density at radius 2 is 2.17 bits per heavy atom. The SMILES string of the molecule is CN1CCC(CNC(=O)c2cccc(Br)c2)CC1. The van der Waals surface area contributed by atoms with E-state index in [1.54, 1.807) is 0 Å². The molecule has 1 saturated heterocycles. The van der Waals surface area contributed by atoms with E-state index >= 15 is 0 Å². The number of amides is 1. The number of hydrogen-bond donors (Lipinski definition) is 1. The fourth-order valence-electron chi connectivity index (χ4n) is 2.24. The number of hydrogen-bond acceptors (Lipinski definition) is 2. The van der Waals surface area contributed by atoms with E-state index < -0.39 is 0 Å². The Morgan fingerprint density at radius 3 is 2.83 bits per heavy atom. The van der Waals surface area contributed by atoms with Crippen LogP contribution in [-0.2, 0) is 0 Å². The van der Waals surface area contributed by atoms with Crippen molar-refractivity contribution >= 4 is 21.8 Å². The summed E-state index contributed by atoms with van der Waals surface area (Å²) in [7, 11) is 2.15. The van der Waals surface area contributed by atoms with E-state index in [0.717, 1.165) is 29.7 Å². The van der Waals surface area contributed by atoms with Gasteiger partial charge in [-0.2, -0.15) is 0 Å². The third kappa shape index (κ3) is 3.82. The number of nitrogens with zero attached hydrogens (tertiary/aromatic N) is 1. The summed E-state index contributed by atoms with van der Waals surface area (Å²) in [5, 5.41) is 3.03. The molecule has 0 aromatic heterocycles. The normalized spacial score (nSPS) is 17.7. The maximum absolute atomic E-state index is 12.0. The minimum Gasteiger partial charge on any atom is -0.352 e. The molecular formula is C14H19BrN2O. The van der Waals surface area contributed by atoms with E-state index in [-0.39, 0.29) is 5.91 Å². The lowest BCUT2D eigenvalue weighted by molar-refractivity contribution is 0.0939. The van der Waals surface area contributed by atoms with Gasteiger partial charge < -0.3 is 10.2 Å². The van der Waals surface area contributed by atoms with E-state index in [1.807, 2.05) is 24.3 Å². The van der Waals surface area contributed by atoms with E-state index in [1.165, 1.54) is 12.8 Å². The molecule has 0 unspecified atom stereocenters. The maximum atomic E-state index is 12.0. The summed E-state index contributed by atoms with van der Waals surface area (Å²) in [6.45, 7) is 3.06. The Kier molecular flexibility index (Phi) is 4.78. The summed E-state index contributed by atoms with van der Waals surface area (Å²) in [5.41, 5.74) is 0.720. The Balaban J connectivity index is 1.81. The first-order valence-corrected chi connectivity index (χ1v) is 7.17. The van der Waals surface area contributed by atoms with Crippen molar-refractivity contribution in [3.05, 3.63) is 34.3 Å². The van der Waals surface area contributed by atoms with Crippen LogP contribution in [0.1, 0.15) is 23.2 Å². The van der Waals surface area contributed by atoms with Crippen LogP contribution in [0.4, 0.5) is 0 Å². The second-order valence-electron chi connectivity index (χ2n) is 4.97. The third-order valence-corrected chi connectivity index (χ3v) is 3.97. The molecule has 1 N–H and O–H groups in total. The summed E-state index contributed by atoms with van der Waals surface area (Å²) in [5.74, 6) is 0.646. The van der Waals surface area contributed by atoms with Crippen LogP contribution in [0.3, 0.4) is 0 Å². The molecule has 1 aromatic rings. The number of carbonyl (C=O) groups is 1. The van der Waals surface area contributed by atoms with Crippen molar-refractivity contribution in [1.82, 2.24) is 10.2 Å². The van der Waals surface area contributed by atoms with Crippen molar-refractivity contribution in [1.29, 1.82) is 0 Å². The zero-order valence-corrected chi connectivity index (χ0v) is 12.2. The first-order valence-electron chi connectivity index (χ1n) is 6.37. The first kappa shape index (κ1) is 13.6. The van der Waals surface area contributed by atoms with Crippen LogP contribution in [0.15, 0.2) is 28.7 Å². The second kappa shape index (κ2) is 6.34. The number of benzene rings is 1. The minimum absolute atomic E-state index is 0.0234. The van der Waals surface area contributed by atoms with Crippen LogP contribution in [0.25, 0.3) is 0 Å². The van der Waals surface area contributed by atoms with Gasteiger partial charge in [-0.15, -0.1) is 0 Å². The number of nitrogens with one attached hydrogen (secondary N) is 1. The quantitative estimate of drug-likeness (QED) is 0.930. The third-order valence-electron chi connectivity index (χ3n) is 3.48. The van der Waals surface area contributed by atoms with Gasteiger partial charge in [0.25, 0.3) is 5.91 Å². The Morgan fingerprint density at radius 1 is 1.44 bits per heavy atom. The van der Waals surface area contributed by atoms with Gasteiger partial charge in [0.15, 0.2) is 0 Å². The van der Waals surface area contributed by atoms with Gasteiger partial charge in [-0.05, 0) is 57.1 Å². The highest BCUT2D eigenvalue weighted by Crippen LogP contribution is 2.15.